The van der Waals surface area contributed by atoms with E-state index in [4.69, 9.17) is 0 Å². The van der Waals surface area contributed by atoms with Crippen molar-refractivity contribution in [3.8, 4) is 0 Å². The Balaban J connectivity index is 2.21. The van der Waals surface area contributed by atoms with Crippen LogP contribution in [0.1, 0.15) is 42.1 Å². The van der Waals surface area contributed by atoms with Crippen LogP contribution in [-0.2, 0) is 0 Å². The molecule has 2 rings (SSSR count). The summed E-state index contributed by atoms with van der Waals surface area (Å²) in [4.78, 5) is 27.1. The highest BCUT2D eigenvalue weighted by molar-refractivity contribution is 7.99. The first-order valence-electron chi connectivity index (χ1n) is 7.85. The van der Waals surface area contributed by atoms with Gasteiger partial charge in [0, 0.05) is 11.8 Å². The summed E-state index contributed by atoms with van der Waals surface area (Å²) in [5.41, 5.74) is 1.82. The summed E-state index contributed by atoms with van der Waals surface area (Å²) in [5.74, 6) is 0.696. The summed E-state index contributed by atoms with van der Waals surface area (Å²) in [6.07, 6.45) is 3.36. The van der Waals surface area contributed by atoms with Crippen LogP contribution in [0.4, 0.5) is 5.69 Å². The van der Waals surface area contributed by atoms with Gasteiger partial charge in [-0.15, -0.1) is 11.8 Å². The van der Waals surface area contributed by atoms with Gasteiger partial charge in [0.1, 0.15) is 0 Å². The van der Waals surface area contributed by atoms with Crippen LogP contribution in [0.25, 0.3) is 0 Å². The number of H-pyrrole nitrogens is 1. The molecule has 0 fully saturated rings. The van der Waals surface area contributed by atoms with Gasteiger partial charge in [-0.3, -0.25) is 9.59 Å². The van der Waals surface area contributed by atoms with Crippen molar-refractivity contribution < 1.29 is 4.79 Å². The lowest BCUT2D eigenvalue weighted by atomic mass is 10.1. The summed E-state index contributed by atoms with van der Waals surface area (Å²) < 4.78 is 0. The second kappa shape index (κ2) is 8.58. The van der Waals surface area contributed by atoms with Crippen LogP contribution in [0.3, 0.4) is 0 Å². The molecule has 1 aromatic heterocycles. The minimum Gasteiger partial charge on any atom is -0.322 e. The Morgan fingerprint density at radius 2 is 1.96 bits per heavy atom. The molecule has 1 heterocycles. The first kappa shape index (κ1) is 17.3. The maximum absolute atomic E-state index is 12.6. The molecule has 4 nitrogen and oxygen atoms in total. The van der Waals surface area contributed by atoms with E-state index < -0.39 is 0 Å². The second-order valence-corrected chi connectivity index (χ2v) is 6.50. The standard InChI is InChI=1S/C18H22N2O2S/c1-3-4-8-11-23-18-16(13(2)12-15(21)20-18)17(22)19-14-9-6-5-7-10-14/h5-7,9-10,12H,3-4,8,11H2,1-2H3,(H,19,22)(H,20,21). The number of pyridine rings is 1. The molecule has 2 aromatic rings. The van der Waals surface area contributed by atoms with E-state index in [2.05, 4.69) is 17.2 Å². The number of carbonyl (C=O) groups excluding carboxylic acids is 1. The molecule has 0 aliphatic carbocycles. The van der Waals surface area contributed by atoms with Gasteiger partial charge in [0.15, 0.2) is 0 Å². The number of unbranched alkanes of at least 4 members (excludes halogenated alkanes) is 2. The molecule has 0 saturated carbocycles. The molecular formula is C18H22N2O2S. The van der Waals surface area contributed by atoms with Gasteiger partial charge in [-0.1, -0.05) is 38.0 Å². The Morgan fingerprint density at radius 1 is 1.22 bits per heavy atom. The van der Waals surface area contributed by atoms with Gasteiger partial charge in [0.25, 0.3) is 5.91 Å². The summed E-state index contributed by atoms with van der Waals surface area (Å²) in [6.45, 7) is 3.95. The molecule has 1 amide bonds. The number of aromatic amines is 1. The van der Waals surface area contributed by atoms with E-state index in [-0.39, 0.29) is 11.5 Å². The predicted molar refractivity (Wildman–Crippen MR) is 96.4 cm³/mol. The zero-order chi connectivity index (χ0) is 16.7. The Bertz CT molecular complexity index is 711. The molecule has 1 aromatic carbocycles. The molecule has 5 heteroatoms. The third-order valence-corrected chi connectivity index (χ3v) is 4.55. The van der Waals surface area contributed by atoms with E-state index in [1.54, 1.807) is 6.92 Å². The molecule has 0 atom stereocenters. The number of para-hydroxylation sites is 1. The fourth-order valence-corrected chi connectivity index (χ4v) is 3.41. The fourth-order valence-electron chi connectivity index (χ4n) is 2.29. The SMILES string of the molecule is CCCCCSc1[nH]c(=O)cc(C)c1C(=O)Nc1ccccc1. The highest BCUT2D eigenvalue weighted by Gasteiger charge is 2.16. The molecule has 0 unspecified atom stereocenters. The average Bonchev–Trinajstić information content (AvgIpc) is 2.52. The largest absolute Gasteiger partial charge is 0.322 e. The summed E-state index contributed by atoms with van der Waals surface area (Å²) in [7, 11) is 0. The Hall–Kier alpha value is -2.01. The van der Waals surface area contributed by atoms with Crippen molar-refractivity contribution in [1.82, 2.24) is 4.98 Å². The van der Waals surface area contributed by atoms with Gasteiger partial charge in [-0.05, 0) is 36.8 Å². The maximum Gasteiger partial charge on any atom is 0.258 e. The molecule has 23 heavy (non-hydrogen) atoms. The number of hydrogen-bond acceptors (Lipinski definition) is 3. The topological polar surface area (TPSA) is 62.0 Å². The van der Waals surface area contributed by atoms with Crippen molar-refractivity contribution in [3.05, 3.63) is 57.9 Å². The third-order valence-electron chi connectivity index (χ3n) is 3.46. The van der Waals surface area contributed by atoms with Crippen molar-refractivity contribution in [3.63, 3.8) is 0 Å². The number of amides is 1. The normalized spacial score (nSPS) is 10.5. The van der Waals surface area contributed by atoms with Crippen molar-refractivity contribution in [1.29, 1.82) is 0 Å². The second-order valence-electron chi connectivity index (χ2n) is 5.40. The number of rotatable bonds is 7. The lowest BCUT2D eigenvalue weighted by Gasteiger charge is -2.12. The van der Waals surface area contributed by atoms with Crippen molar-refractivity contribution in [2.45, 2.75) is 38.1 Å². The van der Waals surface area contributed by atoms with Crippen LogP contribution in [-0.4, -0.2) is 16.6 Å². The van der Waals surface area contributed by atoms with Gasteiger partial charge >= 0.3 is 0 Å². The number of nitrogens with one attached hydrogen (secondary N) is 2. The van der Waals surface area contributed by atoms with E-state index in [0.717, 1.165) is 30.7 Å². The molecule has 0 aliphatic heterocycles. The summed E-state index contributed by atoms with van der Waals surface area (Å²) in [6, 6.07) is 10.8. The molecule has 0 bridgehead atoms. The van der Waals surface area contributed by atoms with Crippen molar-refractivity contribution in [2.75, 3.05) is 11.1 Å². The zero-order valence-corrected chi connectivity index (χ0v) is 14.3. The third kappa shape index (κ3) is 4.99. The van der Waals surface area contributed by atoms with E-state index in [1.165, 1.54) is 17.8 Å². The van der Waals surface area contributed by atoms with Crippen molar-refractivity contribution >= 4 is 23.4 Å². The first-order valence-corrected chi connectivity index (χ1v) is 8.83. The Labute approximate surface area is 140 Å². The first-order chi connectivity index (χ1) is 11.1. The van der Waals surface area contributed by atoms with Crippen LogP contribution in [0, 0.1) is 6.92 Å². The predicted octanol–water partition coefficient (Wildman–Crippen LogP) is 4.22. The maximum atomic E-state index is 12.6. The minimum atomic E-state index is -0.192. The van der Waals surface area contributed by atoms with Gasteiger partial charge in [0.05, 0.1) is 10.6 Å². The molecule has 0 aliphatic rings. The van der Waals surface area contributed by atoms with Crippen LogP contribution >= 0.6 is 11.8 Å². The van der Waals surface area contributed by atoms with E-state index in [1.807, 2.05) is 30.3 Å². The van der Waals surface area contributed by atoms with Gasteiger partial charge < -0.3 is 10.3 Å². The molecular weight excluding hydrogens is 308 g/mol. The number of aryl methyl sites for hydroxylation is 1. The van der Waals surface area contributed by atoms with Crippen LogP contribution in [0.5, 0.6) is 0 Å². The van der Waals surface area contributed by atoms with Crippen LogP contribution in [0.15, 0.2) is 46.2 Å². The molecule has 122 valence electrons. The van der Waals surface area contributed by atoms with Gasteiger partial charge in [0.2, 0.25) is 5.56 Å². The minimum absolute atomic E-state index is 0.170. The lowest BCUT2D eigenvalue weighted by molar-refractivity contribution is 0.102. The lowest BCUT2D eigenvalue weighted by Crippen LogP contribution is -2.19. The number of benzene rings is 1. The average molecular weight is 330 g/mol. The number of carbonyl (C=O) groups is 1. The molecule has 0 radical (unpaired) electrons. The fraction of sp³-hybridized carbons (Fsp3) is 0.333. The van der Waals surface area contributed by atoms with Crippen molar-refractivity contribution in [2.24, 2.45) is 0 Å². The Kier molecular flexibility index (Phi) is 6.47. The quantitative estimate of drug-likeness (QED) is 0.590. The molecule has 0 saturated heterocycles. The number of hydrogen-bond donors (Lipinski definition) is 2. The van der Waals surface area contributed by atoms with E-state index >= 15 is 0 Å². The van der Waals surface area contributed by atoms with Gasteiger partial charge in [-0.2, -0.15) is 0 Å². The van der Waals surface area contributed by atoms with Gasteiger partial charge in [-0.25, -0.2) is 0 Å². The summed E-state index contributed by atoms with van der Waals surface area (Å²) in [5, 5.41) is 3.54. The number of aromatic nitrogens is 1. The highest BCUT2D eigenvalue weighted by Crippen LogP contribution is 2.24. The van der Waals surface area contributed by atoms with E-state index in [9.17, 15) is 9.59 Å². The van der Waals surface area contributed by atoms with Crippen LogP contribution in [0.2, 0.25) is 0 Å². The molecule has 2 N–H and O–H groups in total. The summed E-state index contributed by atoms with van der Waals surface area (Å²) >= 11 is 1.54. The monoisotopic (exact) mass is 330 g/mol. The number of thioether (sulfide) groups is 1. The molecule has 0 spiro atoms. The zero-order valence-electron chi connectivity index (χ0n) is 13.5. The highest BCUT2D eigenvalue weighted by atomic mass is 32.2. The van der Waals surface area contributed by atoms with E-state index in [0.29, 0.717) is 16.2 Å². The number of anilines is 1. The van der Waals surface area contributed by atoms with Crippen LogP contribution < -0.4 is 10.9 Å². The Morgan fingerprint density at radius 3 is 2.65 bits per heavy atom. The smallest absolute Gasteiger partial charge is 0.258 e.